The van der Waals surface area contributed by atoms with Crippen molar-refractivity contribution in [3.05, 3.63) is 52.5 Å². The molecule has 0 aliphatic rings. The summed E-state index contributed by atoms with van der Waals surface area (Å²) in [7, 11) is 0. The van der Waals surface area contributed by atoms with Crippen LogP contribution in [0.1, 0.15) is 36.7 Å². The van der Waals surface area contributed by atoms with E-state index in [0.717, 1.165) is 5.56 Å². The molecule has 7 heteroatoms. The molecule has 0 aliphatic heterocycles. The van der Waals surface area contributed by atoms with Gasteiger partial charge in [0.2, 0.25) is 5.75 Å². The number of amides is 1. The normalized spacial score (nSPS) is 10.7. The Balaban J connectivity index is 2.21. The van der Waals surface area contributed by atoms with Crippen molar-refractivity contribution in [2.24, 2.45) is 5.10 Å². The van der Waals surface area contributed by atoms with Crippen molar-refractivity contribution in [1.29, 1.82) is 0 Å². The van der Waals surface area contributed by atoms with Crippen molar-refractivity contribution in [3.63, 3.8) is 0 Å². The van der Waals surface area contributed by atoms with Gasteiger partial charge in [-0.15, -0.1) is 0 Å². The molecule has 144 valence electrons. The molecule has 0 unspecified atom stereocenters. The molecule has 0 bridgehead atoms. The number of hydrogen-bond acceptors (Lipinski definition) is 5. The fourth-order valence-electron chi connectivity index (χ4n) is 2.30. The van der Waals surface area contributed by atoms with Gasteiger partial charge in [0.05, 0.1) is 26.0 Å². The second-order valence-corrected chi connectivity index (χ2v) is 5.79. The Morgan fingerprint density at radius 1 is 1.00 bits per heavy atom. The van der Waals surface area contributed by atoms with Gasteiger partial charge in [0.15, 0.2) is 11.5 Å². The predicted molar refractivity (Wildman–Crippen MR) is 106 cm³/mol. The summed E-state index contributed by atoms with van der Waals surface area (Å²) in [5.74, 6) is 1.02. The molecule has 6 nitrogen and oxygen atoms in total. The maximum absolute atomic E-state index is 12.5. The summed E-state index contributed by atoms with van der Waals surface area (Å²) < 4.78 is 16.9. The van der Waals surface area contributed by atoms with Crippen LogP contribution in [0.2, 0.25) is 5.02 Å². The highest BCUT2D eigenvalue weighted by Gasteiger charge is 2.18. The predicted octanol–water partition coefficient (Wildman–Crippen LogP) is 4.30. The SMILES string of the molecule is CCOc1cc(C(=O)N/N=C\c2ccc(Cl)cc2)cc(OCC)c1OCC. The second-order valence-electron chi connectivity index (χ2n) is 5.35. The Labute approximate surface area is 164 Å². The number of benzene rings is 2. The number of hydrazone groups is 1. The third-order valence-corrected chi connectivity index (χ3v) is 3.67. The first kappa shape index (κ1) is 20.6. The van der Waals surface area contributed by atoms with Crippen molar-refractivity contribution in [3.8, 4) is 17.2 Å². The van der Waals surface area contributed by atoms with E-state index < -0.39 is 0 Å². The van der Waals surface area contributed by atoms with Gasteiger partial charge in [-0.2, -0.15) is 5.10 Å². The molecule has 2 aromatic rings. The number of carbonyl (C=O) groups excluding carboxylic acids is 1. The minimum atomic E-state index is -0.384. The number of nitrogens with one attached hydrogen (secondary N) is 1. The number of ether oxygens (including phenoxy) is 3. The molecule has 2 aromatic carbocycles. The number of hydrogen-bond donors (Lipinski definition) is 1. The van der Waals surface area contributed by atoms with Gasteiger partial charge in [-0.1, -0.05) is 23.7 Å². The maximum atomic E-state index is 12.5. The van der Waals surface area contributed by atoms with E-state index in [1.165, 1.54) is 6.21 Å². The first-order valence-corrected chi connectivity index (χ1v) is 9.12. The van der Waals surface area contributed by atoms with Crippen LogP contribution in [0.4, 0.5) is 0 Å². The molecule has 27 heavy (non-hydrogen) atoms. The molecule has 0 aliphatic carbocycles. The highest BCUT2D eigenvalue weighted by atomic mass is 35.5. The third-order valence-electron chi connectivity index (χ3n) is 3.42. The van der Waals surface area contributed by atoms with Crippen molar-refractivity contribution in [2.45, 2.75) is 20.8 Å². The molecule has 0 radical (unpaired) electrons. The van der Waals surface area contributed by atoms with E-state index in [1.54, 1.807) is 36.4 Å². The first-order chi connectivity index (χ1) is 13.1. The molecule has 2 rings (SSSR count). The lowest BCUT2D eigenvalue weighted by molar-refractivity contribution is 0.0954. The molecule has 0 atom stereocenters. The molecular weight excluding hydrogens is 368 g/mol. The molecule has 0 saturated heterocycles. The summed E-state index contributed by atoms with van der Waals surface area (Å²) in [4.78, 5) is 12.5. The average Bonchev–Trinajstić information content (AvgIpc) is 2.66. The van der Waals surface area contributed by atoms with Crippen molar-refractivity contribution in [1.82, 2.24) is 5.43 Å². The number of rotatable bonds is 9. The monoisotopic (exact) mass is 390 g/mol. The van der Waals surface area contributed by atoms with Crippen LogP contribution in [0.3, 0.4) is 0 Å². The molecule has 1 N–H and O–H groups in total. The third kappa shape index (κ3) is 5.89. The fourth-order valence-corrected chi connectivity index (χ4v) is 2.42. The standard InChI is InChI=1S/C20H23ClN2O4/c1-4-25-17-11-15(12-18(26-5-2)19(17)27-6-3)20(24)23-22-13-14-7-9-16(21)10-8-14/h7-13H,4-6H2,1-3H3,(H,23,24)/b22-13-. The molecule has 1 amide bonds. The Hall–Kier alpha value is -2.73. The zero-order chi connectivity index (χ0) is 19.6. The van der Waals surface area contributed by atoms with Crippen molar-refractivity contribution < 1.29 is 19.0 Å². The van der Waals surface area contributed by atoms with Gasteiger partial charge >= 0.3 is 0 Å². The summed E-state index contributed by atoms with van der Waals surface area (Å²) in [5, 5.41) is 4.61. The lowest BCUT2D eigenvalue weighted by atomic mass is 10.1. The Morgan fingerprint density at radius 3 is 2.07 bits per heavy atom. The van der Waals surface area contributed by atoms with Crippen LogP contribution >= 0.6 is 11.6 Å². The van der Waals surface area contributed by atoms with Crippen LogP contribution in [0.15, 0.2) is 41.5 Å². The molecule has 0 aromatic heterocycles. The Bertz CT molecular complexity index is 764. The van der Waals surface area contributed by atoms with Gasteiger partial charge in [0.25, 0.3) is 5.91 Å². The van der Waals surface area contributed by atoms with E-state index in [4.69, 9.17) is 25.8 Å². The molecular formula is C20H23ClN2O4. The lowest BCUT2D eigenvalue weighted by Crippen LogP contribution is -2.18. The molecule has 0 fully saturated rings. The number of halogens is 1. The Morgan fingerprint density at radius 2 is 1.56 bits per heavy atom. The second kappa shape index (κ2) is 10.4. The first-order valence-electron chi connectivity index (χ1n) is 8.74. The van der Waals surface area contributed by atoms with E-state index in [9.17, 15) is 4.79 Å². The van der Waals surface area contributed by atoms with Gasteiger partial charge in [-0.3, -0.25) is 4.79 Å². The molecule has 0 heterocycles. The van der Waals surface area contributed by atoms with Crippen LogP contribution in [-0.2, 0) is 0 Å². The van der Waals surface area contributed by atoms with Crippen molar-refractivity contribution in [2.75, 3.05) is 19.8 Å². The fraction of sp³-hybridized carbons (Fsp3) is 0.300. The molecule has 0 spiro atoms. The number of carbonyl (C=O) groups is 1. The van der Waals surface area contributed by atoms with Gasteiger partial charge in [-0.25, -0.2) is 5.43 Å². The van der Waals surface area contributed by atoms with E-state index >= 15 is 0 Å². The quantitative estimate of drug-likeness (QED) is 0.512. The topological polar surface area (TPSA) is 69.2 Å². The zero-order valence-electron chi connectivity index (χ0n) is 15.6. The van der Waals surface area contributed by atoms with Crippen LogP contribution in [0.5, 0.6) is 17.2 Å². The van der Waals surface area contributed by atoms with Crippen molar-refractivity contribution >= 4 is 23.7 Å². The molecule has 0 saturated carbocycles. The van der Waals surface area contributed by atoms with E-state index in [0.29, 0.717) is 47.7 Å². The van der Waals surface area contributed by atoms with Gasteiger partial charge in [-0.05, 0) is 50.6 Å². The average molecular weight is 391 g/mol. The van der Waals surface area contributed by atoms with Gasteiger partial charge in [0.1, 0.15) is 0 Å². The van der Waals surface area contributed by atoms with E-state index in [2.05, 4.69) is 10.5 Å². The zero-order valence-corrected chi connectivity index (χ0v) is 16.4. The van der Waals surface area contributed by atoms with E-state index in [-0.39, 0.29) is 5.91 Å². The smallest absolute Gasteiger partial charge is 0.271 e. The van der Waals surface area contributed by atoms with Crippen LogP contribution in [-0.4, -0.2) is 31.9 Å². The van der Waals surface area contributed by atoms with E-state index in [1.807, 2.05) is 20.8 Å². The summed E-state index contributed by atoms with van der Waals surface area (Å²) in [5.41, 5.74) is 3.67. The maximum Gasteiger partial charge on any atom is 0.271 e. The lowest BCUT2D eigenvalue weighted by Gasteiger charge is -2.16. The van der Waals surface area contributed by atoms with Crippen LogP contribution < -0.4 is 19.6 Å². The summed E-state index contributed by atoms with van der Waals surface area (Å²) in [6, 6.07) is 10.3. The largest absolute Gasteiger partial charge is 0.490 e. The van der Waals surface area contributed by atoms with Crippen LogP contribution in [0.25, 0.3) is 0 Å². The summed E-state index contributed by atoms with van der Waals surface area (Å²) >= 11 is 5.84. The minimum absolute atomic E-state index is 0.360. The number of nitrogens with zero attached hydrogens (tertiary/aromatic N) is 1. The minimum Gasteiger partial charge on any atom is -0.490 e. The van der Waals surface area contributed by atoms with Gasteiger partial charge < -0.3 is 14.2 Å². The van der Waals surface area contributed by atoms with Crippen LogP contribution in [0, 0.1) is 0 Å². The summed E-state index contributed by atoms with van der Waals surface area (Å²) in [6.45, 7) is 6.92. The van der Waals surface area contributed by atoms with Gasteiger partial charge in [0, 0.05) is 10.6 Å². The summed E-state index contributed by atoms with van der Waals surface area (Å²) in [6.07, 6.45) is 1.54. The Kier molecular flexibility index (Phi) is 7.95. The highest BCUT2D eigenvalue weighted by molar-refractivity contribution is 6.30. The highest BCUT2D eigenvalue weighted by Crippen LogP contribution is 2.39.